The molecule has 0 aromatic carbocycles. The fourth-order valence-corrected chi connectivity index (χ4v) is 2.37. The molecule has 0 aliphatic heterocycles. The van der Waals surface area contributed by atoms with E-state index in [4.69, 9.17) is 16.3 Å². The van der Waals surface area contributed by atoms with Crippen LogP contribution in [0.5, 0.6) is 0 Å². The molecule has 0 amide bonds. The number of nitriles is 1. The number of pyridine rings is 2. The average molecular weight is 312 g/mol. The van der Waals surface area contributed by atoms with Crippen molar-refractivity contribution in [3.63, 3.8) is 0 Å². The Hall–Kier alpha value is -2.84. The van der Waals surface area contributed by atoms with Crippen molar-refractivity contribution in [2.75, 3.05) is 0 Å². The van der Waals surface area contributed by atoms with Crippen LogP contribution in [-0.2, 0) is 11.3 Å². The smallest absolute Gasteiger partial charge is 0.341 e. The monoisotopic (exact) mass is 311 g/mol. The van der Waals surface area contributed by atoms with Crippen molar-refractivity contribution in [1.82, 2.24) is 9.38 Å². The summed E-state index contributed by atoms with van der Waals surface area (Å²) in [7, 11) is 0. The molecule has 22 heavy (non-hydrogen) atoms. The van der Waals surface area contributed by atoms with Crippen LogP contribution < -0.4 is 0 Å². The molecule has 3 aromatic heterocycles. The number of ether oxygens (including phenoxy) is 1. The van der Waals surface area contributed by atoms with Gasteiger partial charge in [0.2, 0.25) is 0 Å². The molecule has 108 valence electrons. The van der Waals surface area contributed by atoms with Crippen molar-refractivity contribution in [3.05, 3.63) is 70.8 Å². The van der Waals surface area contributed by atoms with Gasteiger partial charge in [0.05, 0.1) is 16.6 Å². The van der Waals surface area contributed by atoms with E-state index in [0.29, 0.717) is 11.1 Å². The third-order valence-corrected chi connectivity index (χ3v) is 3.51. The number of aromatic nitrogens is 2. The van der Waals surface area contributed by atoms with E-state index in [1.165, 1.54) is 6.20 Å². The van der Waals surface area contributed by atoms with E-state index < -0.39 is 5.97 Å². The van der Waals surface area contributed by atoms with Crippen LogP contribution in [0.25, 0.3) is 5.52 Å². The predicted octanol–water partition coefficient (Wildman–Crippen LogP) is 3.22. The molecule has 0 bridgehead atoms. The molecule has 3 rings (SSSR count). The molecule has 0 spiro atoms. The Morgan fingerprint density at radius 2 is 2.23 bits per heavy atom. The topological polar surface area (TPSA) is 67.4 Å². The van der Waals surface area contributed by atoms with Gasteiger partial charge in [0.1, 0.15) is 17.8 Å². The maximum atomic E-state index is 12.0. The number of fused-ring (bicyclic) bond motifs is 1. The summed E-state index contributed by atoms with van der Waals surface area (Å²) in [5.74, 6) is -0.572. The van der Waals surface area contributed by atoms with Gasteiger partial charge >= 0.3 is 5.97 Å². The fourth-order valence-electron chi connectivity index (χ4n) is 2.18. The number of rotatable bonds is 3. The molecule has 0 radical (unpaired) electrons. The molecule has 0 N–H and O–H groups in total. The molecule has 0 fully saturated rings. The highest BCUT2D eigenvalue weighted by Gasteiger charge is 2.15. The molecule has 3 aromatic rings. The molecule has 0 aliphatic carbocycles. The predicted molar refractivity (Wildman–Crippen MR) is 80.5 cm³/mol. The summed E-state index contributed by atoms with van der Waals surface area (Å²) >= 11 is 5.86. The molecule has 3 heterocycles. The number of hydrogen-bond donors (Lipinski definition) is 0. The summed E-state index contributed by atoms with van der Waals surface area (Å²) in [5.41, 5.74) is 2.11. The first-order valence-electron chi connectivity index (χ1n) is 6.47. The summed E-state index contributed by atoms with van der Waals surface area (Å²) in [4.78, 5) is 15.8. The Labute approximate surface area is 131 Å². The lowest BCUT2D eigenvalue weighted by Crippen LogP contribution is -2.06. The van der Waals surface area contributed by atoms with Crippen LogP contribution in [-0.4, -0.2) is 15.4 Å². The molecule has 0 saturated heterocycles. The fraction of sp³-hybridized carbons (Fsp3) is 0.0625. The van der Waals surface area contributed by atoms with Crippen molar-refractivity contribution in [2.24, 2.45) is 0 Å². The highest BCUT2D eigenvalue weighted by atomic mass is 35.5. The number of halogens is 1. The molecular weight excluding hydrogens is 302 g/mol. The van der Waals surface area contributed by atoms with Gasteiger partial charge < -0.3 is 9.14 Å². The highest BCUT2D eigenvalue weighted by molar-refractivity contribution is 6.32. The Bertz CT molecular complexity index is 896. The zero-order chi connectivity index (χ0) is 15.5. The quantitative estimate of drug-likeness (QED) is 0.550. The van der Waals surface area contributed by atoms with E-state index in [1.807, 2.05) is 28.8 Å². The number of carbonyl (C=O) groups is 1. The Kier molecular flexibility index (Phi) is 3.77. The van der Waals surface area contributed by atoms with Gasteiger partial charge in [0, 0.05) is 24.2 Å². The number of nitrogens with zero attached hydrogens (tertiary/aromatic N) is 3. The van der Waals surface area contributed by atoms with Crippen LogP contribution in [0.1, 0.15) is 21.5 Å². The Balaban J connectivity index is 1.84. The van der Waals surface area contributed by atoms with Crippen molar-refractivity contribution in [2.45, 2.75) is 6.61 Å². The molecule has 0 aliphatic rings. The van der Waals surface area contributed by atoms with Crippen molar-refractivity contribution in [1.29, 1.82) is 5.26 Å². The van der Waals surface area contributed by atoms with Crippen LogP contribution in [0.4, 0.5) is 0 Å². The van der Waals surface area contributed by atoms with Gasteiger partial charge in [0.15, 0.2) is 0 Å². The van der Waals surface area contributed by atoms with E-state index in [9.17, 15) is 10.1 Å². The maximum absolute atomic E-state index is 12.0. The lowest BCUT2D eigenvalue weighted by atomic mass is 10.2. The lowest BCUT2D eigenvalue weighted by molar-refractivity contribution is 0.0472. The average Bonchev–Trinajstić information content (AvgIpc) is 2.90. The van der Waals surface area contributed by atoms with Gasteiger partial charge in [-0.2, -0.15) is 5.26 Å². The number of esters is 1. The Morgan fingerprint density at radius 1 is 1.36 bits per heavy atom. The standard InChI is InChI=1S/C16H10ClN3O2/c17-15-12(4-3-6-19-15)16(21)22-10-11-9-20-7-2-1-5-14(20)13(11)8-18/h1-7,9H,10H2. The molecular formula is C16H10ClN3O2. The SMILES string of the molecule is N#Cc1c(COC(=O)c2cccnc2Cl)cn2ccccc12. The van der Waals surface area contributed by atoms with Crippen molar-refractivity contribution < 1.29 is 9.53 Å². The molecule has 6 heteroatoms. The summed E-state index contributed by atoms with van der Waals surface area (Å²) < 4.78 is 7.06. The third-order valence-electron chi connectivity index (χ3n) is 3.21. The minimum atomic E-state index is -0.572. The summed E-state index contributed by atoms with van der Waals surface area (Å²) in [6.45, 7) is -0.00533. The highest BCUT2D eigenvalue weighted by Crippen LogP contribution is 2.20. The largest absolute Gasteiger partial charge is 0.457 e. The summed E-state index contributed by atoms with van der Waals surface area (Å²) in [6.07, 6.45) is 5.10. The van der Waals surface area contributed by atoms with E-state index in [2.05, 4.69) is 11.1 Å². The molecule has 0 unspecified atom stereocenters. The van der Waals surface area contributed by atoms with E-state index in [1.54, 1.807) is 18.3 Å². The van der Waals surface area contributed by atoms with Crippen LogP contribution in [0.15, 0.2) is 48.9 Å². The summed E-state index contributed by atoms with van der Waals surface area (Å²) in [6, 6.07) is 10.8. The minimum absolute atomic E-state index is 0.00533. The normalized spacial score (nSPS) is 10.4. The molecule has 0 saturated carbocycles. The number of hydrogen-bond acceptors (Lipinski definition) is 4. The first-order chi connectivity index (χ1) is 10.7. The first kappa shape index (κ1) is 14.1. The van der Waals surface area contributed by atoms with Gasteiger partial charge in [-0.3, -0.25) is 0 Å². The zero-order valence-corrected chi connectivity index (χ0v) is 12.1. The maximum Gasteiger partial charge on any atom is 0.341 e. The van der Waals surface area contributed by atoms with E-state index >= 15 is 0 Å². The molecule has 5 nitrogen and oxygen atoms in total. The van der Waals surface area contributed by atoms with E-state index in [0.717, 1.165) is 5.52 Å². The third kappa shape index (κ3) is 2.52. The van der Waals surface area contributed by atoms with Crippen LogP contribution >= 0.6 is 11.6 Å². The second-order valence-corrected chi connectivity index (χ2v) is 4.91. The van der Waals surface area contributed by atoms with E-state index in [-0.39, 0.29) is 17.3 Å². The Morgan fingerprint density at radius 3 is 3.00 bits per heavy atom. The minimum Gasteiger partial charge on any atom is -0.457 e. The van der Waals surface area contributed by atoms with Crippen molar-refractivity contribution in [3.8, 4) is 6.07 Å². The number of carbonyl (C=O) groups excluding carboxylic acids is 1. The second kappa shape index (κ2) is 5.88. The first-order valence-corrected chi connectivity index (χ1v) is 6.85. The zero-order valence-electron chi connectivity index (χ0n) is 11.4. The van der Waals surface area contributed by atoms with Gasteiger partial charge in [-0.25, -0.2) is 9.78 Å². The van der Waals surface area contributed by atoms with Crippen LogP contribution in [0.2, 0.25) is 5.15 Å². The van der Waals surface area contributed by atoms with Gasteiger partial charge in [0.25, 0.3) is 0 Å². The lowest BCUT2D eigenvalue weighted by Gasteiger charge is -2.04. The van der Waals surface area contributed by atoms with Crippen LogP contribution in [0.3, 0.4) is 0 Å². The van der Waals surface area contributed by atoms with Gasteiger partial charge in [-0.1, -0.05) is 17.7 Å². The second-order valence-electron chi connectivity index (χ2n) is 4.55. The van der Waals surface area contributed by atoms with Gasteiger partial charge in [-0.05, 0) is 24.3 Å². The van der Waals surface area contributed by atoms with Crippen LogP contribution in [0, 0.1) is 11.3 Å². The summed E-state index contributed by atoms with van der Waals surface area (Å²) in [5, 5.41) is 9.39. The van der Waals surface area contributed by atoms with Gasteiger partial charge in [-0.15, -0.1) is 0 Å². The van der Waals surface area contributed by atoms with Crippen molar-refractivity contribution >= 4 is 23.1 Å². The molecule has 0 atom stereocenters.